The zero-order valence-corrected chi connectivity index (χ0v) is 29.1. The van der Waals surface area contributed by atoms with Gasteiger partial charge in [-0.2, -0.15) is 0 Å². The number of rotatable bonds is 10. The summed E-state index contributed by atoms with van der Waals surface area (Å²) in [5.74, 6) is 0. The normalized spacial score (nSPS) is 12.7. The molecule has 7 rings (SSSR count). The van der Waals surface area contributed by atoms with E-state index >= 15 is 0 Å². The van der Waals surface area contributed by atoms with Gasteiger partial charge in [0.15, 0.2) is 0 Å². The molecule has 1 nitrogen and oxygen atoms in total. The summed E-state index contributed by atoms with van der Waals surface area (Å²) >= 11 is 0. The van der Waals surface area contributed by atoms with Gasteiger partial charge in [-0.3, -0.25) is 0 Å². The maximum absolute atomic E-state index is 4.83. The topological polar surface area (TPSA) is 12.9 Å². The molecule has 6 aromatic rings. The van der Waals surface area contributed by atoms with Crippen molar-refractivity contribution in [3.63, 3.8) is 0 Å². The molecule has 1 radical (unpaired) electrons. The number of aromatic nitrogens is 1. The number of nitrogens with zero attached hydrogens (tertiary/aromatic N) is 1. The van der Waals surface area contributed by atoms with Gasteiger partial charge in [0.25, 0.3) is 0 Å². The van der Waals surface area contributed by atoms with Gasteiger partial charge in [-0.15, -0.1) is 29.3 Å². The van der Waals surface area contributed by atoms with Crippen molar-refractivity contribution in [1.82, 2.24) is 4.98 Å². The summed E-state index contributed by atoms with van der Waals surface area (Å²) < 4.78 is 0. The Kier molecular flexibility index (Phi) is 9.78. The molecule has 231 valence electrons. The second-order valence-corrected chi connectivity index (χ2v) is 13.0. The van der Waals surface area contributed by atoms with Crippen LogP contribution in [0.4, 0.5) is 0 Å². The number of hydrogen-bond donors (Lipinski definition) is 0. The third-order valence-electron chi connectivity index (χ3n) is 9.54. The molecule has 46 heavy (non-hydrogen) atoms. The first kappa shape index (κ1) is 31.9. The van der Waals surface area contributed by atoms with Crippen LogP contribution in [0, 0.1) is 6.07 Å². The van der Waals surface area contributed by atoms with Crippen LogP contribution in [-0.2, 0) is 38.4 Å². The summed E-state index contributed by atoms with van der Waals surface area (Å²) in [6.07, 6.45) is 9.39. The molecule has 1 aliphatic carbocycles. The summed E-state index contributed by atoms with van der Waals surface area (Å²) in [6.45, 7) is 4.71. The van der Waals surface area contributed by atoms with Crippen LogP contribution in [-0.4, -0.2) is 4.98 Å². The molecular formula is C44H40IrN-. The average Bonchev–Trinajstić information content (AvgIpc) is 3.32. The van der Waals surface area contributed by atoms with Crippen LogP contribution in [0.15, 0.2) is 134 Å². The zero-order valence-electron chi connectivity index (χ0n) is 26.7. The number of unbranched alkanes of at least 4 members (excludes halogenated alkanes) is 3. The minimum absolute atomic E-state index is 0. The predicted molar refractivity (Wildman–Crippen MR) is 189 cm³/mol. The van der Waals surface area contributed by atoms with Gasteiger partial charge in [-0.05, 0) is 75.7 Å². The van der Waals surface area contributed by atoms with Gasteiger partial charge in [-0.1, -0.05) is 153 Å². The number of fused-ring (bicyclic) bond motifs is 3. The van der Waals surface area contributed by atoms with Crippen LogP contribution in [0.1, 0.15) is 61.8 Å². The second kappa shape index (κ2) is 14.1. The molecule has 0 unspecified atom stereocenters. The second-order valence-electron chi connectivity index (χ2n) is 13.0. The molecule has 1 aliphatic rings. The van der Waals surface area contributed by atoms with Gasteiger partial charge in [0.05, 0.1) is 0 Å². The van der Waals surface area contributed by atoms with E-state index in [2.05, 4.69) is 141 Å². The summed E-state index contributed by atoms with van der Waals surface area (Å²) in [7, 11) is 0. The monoisotopic (exact) mass is 775 g/mol. The first-order valence-corrected chi connectivity index (χ1v) is 16.4. The van der Waals surface area contributed by atoms with E-state index in [1.807, 2.05) is 12.3 Å². The Labute approximate surface area is 288 Å². The molecule has 2 heteroatoms. The van der Waals surface area contributed by atoms with Crippen LogP contribution in [0.3, 0.4) is 0 Å². The van der Waals surface area contributed by atoms with Gasteiger partial charge >= 0.3 is 0 Å². The van der Waals surface area contributed by atoms with Crippen LogP contribution >= 0.6 is 0 Å². The van der Waals surface area contributed by atoms with Crippen molar-refractivity contribution in [2.45, 2.75) is 57.8 Å². The molecule has 0 N–H and O–H groups in total. The van der Waals surface area contributed by atoms with Crippen LogP contribution in [0.5, 0.6) is 0 Å². The standard InChI is InChI=1S/C44H40N.Ir/c1-44(2)41-29-36(35-21-13-18-33(28-35)17-8-4-3-7-14-32-15-9-5-10-16-32)22-25-39(41)40-26-23-37(30-42(40)44)43-27-24-38(31-45-43)34-19-11-6-12-20-34;/h5-6,9-13,15-16,18-22,24-31H,3-4,7-8,14,17H2,1-2H3;/q-1;. The summed E-state index contributed by atoms with van der Waals surface area (Å²) in [5, 5.41) is 0. The number of pyridine rings is 1. The Morgan fingerprint density at radius 2 is 1.17 bits per heavy atom. The quantitative estimate of drug-likeness (QED) is 0.0998. The van der Waals surface area contributed by atoms with Crippen LogP contribution < -0.4 is 0 Å². The Morgan fingerprint density at radius 3 is 1.91 bits per heavy atom. The molecule has 0 saturated heterocycles. The fourth-order valence-electron chi connectivity index (χ4n) is 6.92. The van der Waals surface area contributed by atoms with Crippen molar-refractivity contribution in [1.29, 1.82) is 0 Å². The van der Waals surface area contributed by atoms with Gasteiger partial charge in [0.2, 0.25) is 0 Å². The molecule has 0 spiro atoms. The summed E-state index contributed by atoms with van der Waals surface area (Å²) in [5.41, 5.74) is 15.0. The molecule has 5 aromatic carbocycles. The van der Waals surface area contributed by atoms with Crippen molar-refractivity contribution in [2.24, 2.45) is 0 Å². The first-order chi connectivity index (χ1) is 22.1. The van der Waals surface area contributed by atoms with Crippen molar-refractivity contribution in [3.05, 3.63) is 162 Å². The maximum Gasteiger partial charge on any atom is 0.0239 e. The van der Waals surface area contributed by atoms with E-state index in [1.165, 1.54) is 82.2 Å². The number of hydrogen-bond acceptors (Lipinski definition) is 1. The van der Waals surface area contributed by atoms with E-state index in [-0.39, 0.29) is 25.5 Å². The molecule has 0 amide bonds. The molecule has 0 aliphatic heterocycles. The van der Waals surface area contributed by atoms with Gasteiger partial charge in [0.1, 0.15) is 0 Å². The molecule has 1 heterocycles. The van der Waals surface area contributed by atoms with E-state index in [0.29, 0.717) is 0 Å². The third kappa shape index (κ3) is 6.70. The van der Waals surface area contributed by atoms with Crippen molar-refractivity contribution >= 4 is 0 Å². The van der Waals surface area contributed by atoms with Crippen LogP contribution in [0.2, 0.25) is 0 Å². The molecule has 0 atom stereocenters. The Morgan fingerprint density at radius 1 is 0.543 bits per heavy atom. The van der Waals surface area contributed by atoms with Crippen molar-refractivity contribution < 1.29 is 20.1 Å². The van der Waals surface area contributed by atoms with Gasteiger partial charge < -0.3 is 4.98 Å². The Bertz CT molecular complexity index is 1910. The molecule has 0 saturated carbocycles. The zero-order chi connectivity index (χ0) is 30.6. The fraction of sp³-hybridized carbons (Fsp3) is 0.205. The van der Waals surface area contributed by atoms with E-state index in [0.717, 1.165) is 23.2 Å². The molecule has 0 bridgehead atoms. The molecule has 0 fully saturated rings. The largest absolute Gasteiger partial charge is 0.304 e. The van der Waals surface area contributed by atoms with E-state index in [9.17, 15) is 0 Å². The van der Waals surface area contributed by atoms with Gasteiger partial charge in [-0.25, -0.2) is 0 Å². The SMILES string of the molecule is CC1(C)c2cc(-c3ccc(-c4ccccc4)cn3)[c-]cc2-c2ccc(-c3cccc(CCCCCCc4ccccc4)c3)cc21.[Ir]. The maximum atomic E-state index is 4.83. The minimum atomic E-state index is -0.105. The number of aryl methyl sites for hydroxylation is 2. The number of benzene rings is 5. The van der Waals surface area contributed by atoms with E-state index < -0.39 is 0 Å². The Balaban J connectivity index is 0.00000372. The molecule has 1 aromatic heterocycles. The van der Waals surface area contributed by atoms with Crippen molar-refractivity contribution in [2.75, 3.05) is 0 Å². The van der Waals surface area contributed by atoms with Gasteiger partial charge in [0, 0.05) is 26.3 Å². The fourth-order valence-corrected chi connectivity index (χ4v) is 6.92. The average molecular weight is 775 g/mol. The Hall–Kier alpha value is -4.10. The first-order valence-electron chi connectivity index (χ1n) is 16.4. The smallest absolute Gasteiger partial charge is 0.0239 e. The minimum Gasteiger partial charge on any atom is -0.304 e. The van der Waals surface area contributed by atoms with Crippen LogP contribution in [0.25, 0.3) is 44.6 Å². The van der Waals surface area contributed by atoms with Crippen molar-refractivity contribution in [3.8, 4) is 44.6 Å². The van der Waals surface area contributed by atoms with E-state index in [4.69, 9.17) is 4.98 Å². The third-order valence-corrected chi connectivity index (χ3v) is 9.54. The summed E-state index contributed by atoms with van der Waals surface area (Å²) in [6, 6.07) is 49.8. The molecular weight excluding hydrogens is 735 g/mol. The summed E-state index contributed by atoms with van der Waals surface area (Å²) in [4.78, 5) is 4.83. The predicted octanol–water partition coefficient (Wildman–Crippen LogP) is 11.5. The van der Waals surface area contributed by atoms with E-state index in [1.54, 1.807) is 0 Å².